The number of ether oxygens (including phenoxy) is 1. The molecule has 0 heterocycles. The van der Waals surface area contributed by atoms with E-state index >= 15 is 0 Å². The third-order valence-corrected chi connectivity index (χ3v) is 7.14. The van der Waals surface area contributed by atoms with E-state index in [0.29, 0.717) is 17.8 Å². The van der Waals surface area contributed by atoms with Gasteiger partial charge in [0.25, 0.3) is 0 Å². The molecule has 132 valence electrons. The molecule has 3 aliphatic carbocycles. The monoisotopic (exact) mass is 321 g/mol. The van der Waals surface area contributed by atoms with Gasteiger partial charge in [-0.25, -0.2) is 4.79 Å². The summed E-state index contributed by atoms with van der Waals surface area (Å²) in [5, 5.41) is 3.04. The van der Waals surface area contributed by atoms with Gasteiger partial charge in [-0.3, -0.25) is 0 Å². The molecule has 3 aliphatic rings. The van der Waals surface area contributed by atoms with Crippen molar-refractivity contribution in [2.45, 2.75) is 91.7 Å². The van der Waals surface area contributed by atoms with Gasteiger partial charge in [0, 0.05) is 22.8 Å². The zero-order valence-corrected chi connectivity index (χ0v) is 16.1. The number of carbonyl (C=O) groups excluding carboxylic acids is 1. The molecule has 0 saturated heterocycles. The highest BCUT2D eigenvalue weighted by Crippen LogP contribution is 2.73. The lowest BCUT2D eigenvalue weighted by molar-refractivity contribution is -0.141. The van der Waals surface area contributed by atoms with Crippen LogP contribution in [0.5, 0.6) is 0 Å². The van der Waals surface area contributed by atoms with Crippen LogP contribution in [-0.4, -0.2) is 17.2 Å². The molecular formula is C20H35NO2. The smallest absolute Gasteiger partial charge is 0.408 e. The normalized spacial score (nSPS) is 44.7. The molecule has 1 N–H and O–H groups in total. The van der Waals surface area contributed by atoms with Crippen LogP contribution in [0, 0.1) is 28.6 Å². The fraction of sp³-hybridized carbons (Fsp3) is 0.950. The largest absolute Gasteiger partial charge is 0.442 e. The number of amides is 1. The molecule has 0 unspecified atom stereocenters. The average Bonchev–Trinajstić information content (AvgIpc) is 2.68. The summed E-state index contributed by atoms with van der Waals surface area (Å²) in [6.07, 6.45) is 5.85. The second kappa shape index (κ2) is 4.89. The van der Waals surface area contributed by atoms with Crippen LogP contribution in [0.15, 0.2) is 0 Å². The number of carbonyl (C=O) groups is 1. The van der Waals surface area contributed by atoms with Crippen molar-refractivity contribution in [3.05, 3.63) is 0 Å². The molecule has 5 atom stereocenters. The second-order valence-electron chi connectivity index (χ2n) is 10.5. The minimum absolute atomic E-state index is 0.135. The Kier molecular flexibility index (Phi) is 3.64. The maximum Gasteiger partial charge on any atom is 0.408 e. The maximum absolute atomic E-state index is 12.7. The standard InChI is InChI=1S/C20H35NO2/c1-13-8-9-15-18(5,6)12-19(7)11-10-14(13)20(15,19)23-16(22)21-17(2,3)4/h13-15H,8-12H2,1-7H3,(H,21,22)/t13-,14+,15+,19+,20-/m1/s1. The third kappa shape index (κ3) is 2.41. The van der Waals surface area contributed by atoms with Crippen molar-refractivity contribution in [3.63, 3.8) is 0 Å². The maximum atomic E-state index is 12.7. The first-order valence-electron chi connectivity index (χ1n) is 9.42. The van der Waals surface area contributed by atoms with Gasteiger partial charge in [0.2, 0.25) is 0 Å². The number of rotatable bonds is 1. The van der Waals surface area contributed by atoms with E-state index in [0.717, 1.165) is 0 Å². The Labute approximate surface area is 141 Å². The number of alkyl carbamates (subject to hydrolysis) is 1. The van der Waals surface area contributed by atoms with Crippen molar-refractivity contribution in [1.82, 2.24) is 5.32 Å². The first-order chi connectivity index (χ1) is 10.4. The molecule has 0 aromatic rings. The van der Waals surface area contributed by atoms with E-state index in [1.807, 2.05) is 20.8 Å². The molecule has 0 bridgehead atoms. The van der Waals surface area contributed by atoms with Gasteiger partial charge in [-0.1, -0.05) is 27.7 Å². The Balaban J connectivity index is 1.99. The van der Waals surface area contributed by atoms with Gasteiger partial charge in [-0.05, 0) is 64.2 Å². The highest BCUT2D eigenvalue weighted by atomic mass is 16.6. The fourth-order valence-corrected chi connectivity index (χ4v) is 6.64. The molecule has 23 heavy (non-hydrogen) atoms. The molecule has 0 spiro atoms. The van der Waals surface area contributed by atoms with E-state index in [1.54, 1.807) is 0 Å². The Morgan fingerprint density at radius 3 is 2.39 bits per heavy atom. The van der Waals surface area contributed by atoms with Gasteiger partial charge < -0.3 is 10.1 Å². The van der Waals surface area contributed by atoms with Crippen molar-refractivity contribution in [2.75, 3.05) is 0 Å². The minimum Gasteiger partial charge on any atom is -0.442 e. The molecule has 3 saturated carbocycles. The predicted molar refractivity (Wildman–Crippen MR) is 93.2 cm³/mol. The van der Waals surface area contributed by atoms with Crippen LogP contribution in [0.25, 0.3) is 0 Å². The number of hydrogen-bond acceptors (Lipinski definition) is 2. The van der Waals surface area contributed by atoms with Gasteiger partial charge >= 0.3 is 6.09 Å². The second-order valence-corrected chi connectivity index (χ2v) is 10.5. The molecule has 0 radical (unpaired) electrons. The first kappa shape index (κ1) is 17.1. The van der Waals surface area contributed by atoms with Crippen molar-refractivity contribution in [1.29, 1.82) is 0 Å². The Bertz CT molecular complexity index is 506. The van der Waals surface area contributed by atoms with Gasteiger partial charge in [0.15, 0.2) is 0 Å². The van der Waals surface area contributed by atoms with Crippen LogP contribution >= 0.6 is 0 Å². The lowest BCUT2D eigenvalue weighted by Gasteiger charge is -2.51. The fourth-order valence-electron chi connectivity index (χ4n) is 6.64. The topological polar surface area (TPSA) is 38.3 Å². The van der Waals surface area contributed by atoms with Crippen molar-refractivity contribution < 1.29 is 9.53 Å². The molecule has 3 rings (SSSR count). The summed E-state index contributed by atoms with van der Waals surface area (Å²) < 4.78 is 6.42. The van der Waals surface area contributed by atoms with E-state index in [-0.39, 0.29) is 28.1 Å². The highest BCUT2D eigenvalue weighted by molar-refractivity contribution is 5.69. The van der Waals surface area contributed by atoms with E-state index in [2.05, 4.69) is 33.0 Å². The molecule has 0 aliphatic heterocycles. The van der Waals surface area contributed by atoms with Crippen molar-refractivity contribution in [2.24, 2.45) is 28.6 Å². The van der Waals surface area contributed by atoms with Crippen molar-refractivity contribution in [3.8, 4) is 0 Å². The molecule has 3 nitrogen and oxygen atoms in total. The summed E-state index contributed by atoms with van der Waals surface area (Å²) in [6, 6.07) is 0. The molecule has 0 aromatic carbocycles. The lowest BCUT2D eigenvalue weighted by Crippen LogP contribution is -2.58. The summed E-state index contributed by atoms with van der Waals surface area (Å²) in [4.78, 5) is 12.7. The van der Waals surface area contributed by atoms with Gasteiger partial charge in [-0.15, -0.1) is 0 Å². The Hall–Kier alpha value is -0.730. The third-order valence-electron chi connectivity index (χ3n) is 7.14. The molecular weight excluding hydrogens is 286 g/mol. The number of hydrogen-bond donors (Lipinski definition) is 1. The van der Waals surface area contributed by atoms with Crippen LogP contribution in [0.1, 0.15) is 80.6 Å². The zero-order chi connectivity index (χ0) is 17.3. The summed E-state index contributed by atoms with van der Waals surface area (Å²) in [5.41, 5.74) is -0.119. The van der Waals surface area contributed by atoms with E-state index in [9.17, 15) is 4.79 Å². The first-order valence-corrected chi connectivity index (χ1v) is 9.42. The molecule has 3 heteroatoms. The highest BCUT2D eigenvalue weighted by Gasteiger charge is 2.74. The van der Waals surface area contributed by atoms with Crippen molar-refractivity contribution >= 4 is 6.09 Å². The minimum atomic E-state index is -0.260. The van der Waals surface area contributed by atoms with Crippen LogP contribution in [0.3, 0.4) is 0 Å². The van der Waals surface area contributed by atoms with Gasteiger partial charge in [-0.2, -0.15) is 0 Å². The molecule has 0 aromatic heterocycles. The van der Waals surface area contributed by atoms with Crippen LogP contribution in [-0.2, 0) is 4.74 Å². The average molecular weight is 322 g/mol. The summed E-state index contributed by atoms with van der Waals surface area (Å²) in [7, 11) is 0. The number of nitrogens with one attached hydrogen (secondary N) is 1. The molecule has 3 fully saturated rings. The summed E-state index contributed by atoms with van der Waals surface area (Å²) in [6.45, 7) is 15.6. The van der Waals surface area contributed by atoms with Gasteiger partial charge in [0.05, 0.1) is 0 Å². The van der Waals surface area contributed by atoms with Crippen LogP contribution in [0.4, 0.5) is 4.79 Å². The lowest BCUT2D eigenvalue weighted by atomic mass is 9.60. The summed E-state index contributed by atoms with van der Waals surface area (Å²) in [5.74, 6) is 1.68. The van der Waals surface area contributed by atoms with E-state index in [1.165, 1.54) is 32.1 Å². The predicted octanol–water partition coefficient (Wildman–Crippen LogP) is 5.14. The summed E-state index contributed by atoms with van der Waals surface area (Å²) >= 11 is 0. The Morgan fingerprint density at radius 2 is 1.78 bits per heavy atom. The van der Waals surface area contributed by atoms with Crippen LogP contribution < -0.4 is 5.32 Å². The van der Waals surface area contributed by atoms with E-state index in [4.69, 9.17) is 4.74 Å². The molecule has 1 amide bonds. The SMILES string of the molecule is C[C@@H]1CC[C@H]2C(C)(C)C[C@]3(C)CC[C@@H]1[C@@]23OC(=O)NC(C)(C)C. The Morgan fingerprint density at radius 1 is 1.13 bits per heavy atom. The van der Waals surface area contributed by atoms with E-state index < -0.39 is 0 Å². The zero-order valence-electron chi connectivity index (χ0n) is 16.1. The quantitative estimate of drug-likeness (QED) is 0.726. The van der Waals surface area contributed by atoms with Crippen LogP contribution in [0.2, 0.25) is 0 Å². The van der Waals surface area contributed by atoms with Gasteiger partial charge in [0.1, 0.15) is 5.60 Å².